The molecular formula is C12H9N5O3S. The molecule has 0 saturated carbocycles. The van der Waals surface area contributed by atoms with Gasteiger partial charge in [-0.3, -0.25) is 4.79 Å². The van der Waals surface area contributed by atoms with E-state index < -0.39 is 5.97 Å². The van der Waals surface area contributed by atoms with E-state index in [9.17, 15) is 9.59 Å². The van der Waals surface area contributed by atoms with E-state index in [4.69, 9.17) is 0 Å². The third kappa shape index (κ3) is 2.58. The van der Waals surface area contributed by atoms with Crippen molar-refractivity contribution in [1.82, 2.24) is 19.8 Å². The number of fused-ring (bicyclic) bond motifs is 1. The summed E-state index contributed by atoms with van der Waals surface area (Å²) in [5, 5.41) is 14.4. The van der Waals surface area contributed by atoms with Gasteiger partial charge in [-0.15, -0.1) is 15.3 Å². The van der Waals surface area contributed by atoms with Crippen LogP contribution in [-0.2, 0) is 4.74 Å². The van der Waals surface area contributed by atoms with Crippen LogP contribution in [0.15, 0.2) is 30.6 Å². The molecule has 2 aromatic heterocycles. The largest absolute Gasteiger partial charge is 0.465 e. The van der Waals surface area contributed by atoms with Crippen molar-refractivity contribution in [3.8, 4) is 0 Å². The number of carbonyl (C=O) groups excluding carboxylic acids is 2. The quantitative estimate of drug-likeness (QED) is 0.731. The van der Waals surface area contributed by atoms with Crippen LogP contribution in [0.4, 0.5) is 5.69 Å². The molecule has 0 atom stereocenters. The van der Waals surface area contributed by atoms with Crippen LogP contribution in [-0.4, -0.2) is 38.8 Å². The molecule has 106 valence electrons. The van der Waals surface area contributed by atoms with Gasteiger partial charge >= 0.3 is 5.97 Å². The monoisotopic (exact) mass is 303 g/mol. The molecule has 0 radical (unpaired) electrons. The summed E-state index contributed by atoms with van der Waals surface area (Å²) in [5.74, 6) is -0.850. The van der Waals surface area contributed by atoms with E-state index in [0.717, 1.165) is 11.3 Å². The molecule has 0 aliphatic heterocycles. The number of aromatic nitrogens is 4. The summed E-state index contributed by atoms with van der Waals surface area (Å²) in [5.41, 5.74) is 0.835. The first-order valence-electron chi connectivity index (χ1n) is 5.84. The van der Waals surface area contributed by atoms with Gasteiger partial charge in [0.05, 0.1) is 12.7 Å². The SMILES string of the molecule is COC(=O)c1cccc(NC(=O)c2nn3cnnc3s2)c1. The first kappa shape index (κ1) is 13.2. The molecule has 1 amide bonds. The topological polar surface area (TPSA) is 98.5 Å². The lowest BCUT2D eigenvalue weighted by atomic mass is 10.2. The van der Waals surface area contributed by atoms with E-state index in [-0.39, 0.29) is 10.9 Å². The Labute approximate surface area is 122 Å². The summed E-state index contributed by atoms with van der Waals surface area (Å²) in [6, 6.07) is 6.46. The summed E-state index contributed by atoms with van der Waals surface area (Å²) in [7, 11) is 1.30. The van der Waals surface area contributed by atoms with Crippen LogP contribution in [0.2, 0.25) is 0 Å². The second kappa shape index (κ2) is 5.29. The van der Waals surface area contributed by atoms with Crippen molar-refractivity contribution >= 4 is 33.9 Å². The van der Waals surface area contributed by atoms with Crippen LogP contribution >= 0.6 is 11.3 Å². The van der Waals surface area contributed by atoms with E-state index in [1.807, 2.05) is 0 Å². The first-order chi connectivity index (χ1) is 10.2. The van der Waals surface area contributed by atoms with Crippen molar-refractivity contribution in [2.24, 2.45) is 0 Å². The van der Waals surface area contributed by atoms with Gasteiger partial charge in [0.1, 0.15) is 6.33 Å². The third-order valence-corrected chi connectivity index (χ3v) is 3.53. The lowest BCUT2D eigenvalue weighted by Gasteiger charge is -2.04. The van der Waals surface area contributed by atoms with Crippen molar-refractivity contribution in [3.05, 3.63) is 41.2 Å². The van der Waals surface area contributed by atoms with Gasteiger partial charge in [-0.25, -0.2) is 4.79 Å². The van der Waals surface area contributed by atoms with Gasteiger partial charge in [0.2, 0.25) is 9.97 Å². The number of nitrogens with zero attached hydrogens (tertiary/aromatic N) is 4. The summed E-state index contributed by atoms with van der Waals surface area (Å²) in [4.78, 5) is 24.1. The Morgan fingerprint density at radius 2 is 2.24 bits per heavy atom. The fourth-order valence-corrected chi connectivity index (χ4v) is 2.39. The van der Waals surface area contributed by atoms with E-state index in [1.54, 1.807) is 18.2 Å². The molecule has 1 N–H and O–H groups in total. The zero-order valence-corrected chi connectivity index (χ0v) is 11.6. The van der Waals surface area contributed by atoms with Crippen molar-refractivity contribution < 1.29 is 14.3 Å². The highest BCUT2D eigenvalue weighted by atomic mass is 32.1. The molecular weight excluding hydrogens is 294 g/mol. The summed E-state index contributed by atoms with van der Waals surface area (Å²) < 4.78 is 6.05. The highest BCUT2D eigenvalue weighted by molar-refractivity contribution is 7.18. The molecule has 8 nitrogen and oxygen atoms in total. The average Bonchev–Trinajstić information content (AvgIpc) is 3.08. The molecule has 0 aliphatic rings. The Morgan fingerprint density at radius 3 is 3.00 bits per heavy atom. The van der Waals surface area contributed by atoms with Gasteiger partial charge in [0.15, 0.2) is 0 Å². The smallest absolute Gasteiger partial charge is 0.337 e. The predicted octanol–water partition coefficient (Wildman–Crippen LogP) is 1.22. The molecule has 0 fully saturated rings. The number of ether oxygens (including phenoxy) is 1. The number of amides is 1. The zero-order valence-electron chi connectivity index (χ0n) is 10.8. The number of benzene rings is 1. The van der Waals surface area contributed by atoms with Crippen LogP contribution in [0.25, 0.3) is 4.96 Å². The second-order valence-corrected chi connectivity index (χ2v) is 4.95. The molecule has 0 saturated heterocycles. The molecule has 3 aromatic rings. The normalized spacial score (nSPS) is 10.5. The van der Waals surface area contributed by atoms with Gasteiger partial charge in [0, 0.05) is 5.69 Å². The van der Waals surface area contributed by atoms with Crippen LogP contribution in [0.5, 0.6) is 0 Å². The Hall–Kier alpha value is -2.81. The minimum Gasteiger partial charge on any atom is -0.465 e. The maximum atomic E-state index is 12.1. The molecule has 0 unspecified atom stereocenters. The van der Waals surface area contributed by atoms with E-state index in [1.165, 1.54) is 24.0 Å². The summed E-state index contributed by atoms with van der Waals surface area (Å²) in [6.45, 7) is 0. The molecule has 0 bridgehead atoms. The van der Waals surface area contributed by atoms with Crippen molar-refractivity contribution in [1.29, 1.82) is 0 Å². The Morgan fingerprint density at radius 1 is 1.38 bits per heavy atom. The number of nitrogens with one attached hydrogen (secondary N) is 1. The van der Waals surface area contributed by atoms with Crippen molar-refractivity contribution in [3.63, 3.8) is 0 Å². The van der Waals surface area contributed by atoms with Crippen molar-refractivity contribution in [2.75, 3.05) is 12.4 Å². The molecule has 1 aromatic carbocycles. The van der Waals surface area contributed by atoms with Crippen molar-refractivity contribution in [2.45, 2.75) is 0 Å². The minimum absolute atomic E-state index is 0.253. The van der Waals surface area contributed by atoms with Crippen LogP contribution < -0.4 is 5.32 Å². The number of rotatable bonds is 3. The molecule has 0 aliphatic carbocycles. The standard InChI is InChI=1S/C12H9N5O3S/c1-20-11(19)7-3-2-4-8(5-7)14-9(18)10-16-17-6-13-15-12(17)21-10/h2-6H,1H3,(H,14,18). The van der Waals surface area contributed by atoms with Gasteiger partial charge < -0.3 is 10.1 Å². The first-order valence-corrected chi connectivity index (χ1v) is 6.65. The number of carbonyl (C=O) groups is 2. The number of methoxy groups -OCH3 is 1. The second-order valence-electron chi connectivity index (χ2n) is 3.99. The highest BCUT2D eigenvalue weighted by Crippen LogP contribution is 2.16. The average molecular weight is 303 g/mol. The Bertz CT molecular complexity index is 797. The van der Waals surface area contributed by atoms with Gasteiger partial charge in [-0.2, -0.15) is 4.52 Å². The minimum atomic E-state index is -0.468. The fraction of sp³-hybridized carbons (Fsp3) is 0.0833. The predicted molar refractivity (Wildman–Crippen MR) is 74.4 cm³/mol. The summed E-state index contributed by atoms with van der Waals surface area (Å²) in [6.07, 6.45) is 1.42. The van der Waals surface area contributed by atoms with Gasteiger partial charge in [0.25, 0.3) is 5.91 Å². The number of esters is 1. The number of hydrogen-bond donors (Lipinski definition) is 1. The highest BCUT2D eigenvalue weighted by Gasteiger charge is 2.14. The number of anilines is 1. The van der Waals surface area contributed by atoms with Gasteiger partial charge in [-0.05, 0) is 18.2 Å². The van der Waals surface area contributed by atoms with E-state index >= 15 is 0 Å². The Kier molecular flexibility index (Phi) is 3.32. The molecule has 21 heavy (non-hydrogen) atoms. The number of hydrogen-bond acceptors (Lipinski definition) is 7. The zero-order chi connectivity index (χ0) is 14.8. The molecule has 9 heteroatoms. The van der Waals surface area contributed by atoms with E-state index in [0.29, 0.717) is 16.2 Å². The molecule has 2 heterocycles. The van der Waals surface area contributed by atoms with E-state index in [2.05, 4.69) is 25.3 Å². The summed E-state index contributed by atoms with van der Waals surface area (Å²) >= 11 is 1.12. The lowest BCUT2D eigenvalue weighted by molar-refractivity contribution is 0.0600. The van der Waals surface area contributed by atoms with Crippen LogP contribution in [0.3, 0.4) is 0 Å². The lowest BCUT2D eigenvalue weighted by Crippen LogP contribution is -2.12. The molecule has 3 rings (SSSR count). The Balaban J connectivity index is 1.81. The van der Waals surface area contributed by atoms with Gasteiger partial charge in [-0.1, -0.05) is 17.4 Å². The maximum Gasteiger partial charge on any atom is 0.337 e. The van der Waals surface area contributed by atoms with Crippen LogP contribution in [0.1, 0.15) is 20.2 Å². The maximum absolute atomic E-state index is 12.1. The van der Waals surface area contributed by atoms with Crippen LogP contribution in [0, 0.1) is 0 Å². The third-order valence-electron chi connectivity index (χ3n) is 2.62. The molecule has 0 spiro atoms. The fourth-order valence-electron chi connectivity index (χ4n) is 1.68.